The minimum atomic E-state index is 1.16. The molecule has 116 valence electrons. The van der Waals surface area contributed by atoms with Crippen LogP contribution in [0, 0.1) is 0 Å². The Balaban J connectivity index is 2.16. The van der Waals surface area contributed by atoms with Crippen LogP contribution in [-0.4, -0.2) is 0 Å². The van der Waals surface area contributed by atoms with Crippen molar-refractivity contribution in [2.45, 2.75) is 0 Å². The highest BCUT2D eigenvalue weighted by Gasteiger charge is 2.16. The van der Waals surface area contributed by atoms with Gasteiger partial charge in [-0.2, -0.15) is 0 Å². The predicted octanol–water partition coefficient (Wildman–Crippen LogP) is 7.65. The van der Waals surface area contributed by atoms with Crippen molar-refractivity contribution >= 4 is 69.8 Å². The van der Waals surface area contributed by atoms with Crippen LogP contribution in [0.15, 0.2) is 83.3 Å². The van der Waals surface area contributed by atoms with Crippen LogP contribution in [0.3, 0.4) is 0 Å². The van der Waals surface area contributed by atoms with Gasteiger partial charge in [0.25, 0.3) is 0 Å². The van der Waals surface area contributed by atoms with E-state index in [4.69, 9.17) is 0 Å². The molecule has 0 atom stereocenters. The Morgan fingerprint density at radius 2 is 1.12 bits per heavy atom. The van der Waals surface area contributed by atoms with Crippen LogP contribution in [0.4, 0.5) is 0 Å². The molecule has 0 aliphatic rings. The van der Waals surface area contributed by atoms with Crippen molar-refractivity contribution in [2.75, 3.05) is 0 Å². The topological polar surface area (TPSA) is 0 Å². The number of benzene rings is 6. The van der Waals surface area contributed by atoms with E-state index in [-0.39, 0.29) is 0 Å². The third-order valence-corrected chi connectivity index (χ3v) is 6.08. The summed E-state index contributed by atoms with van der Waals surface area (Å²) < 4.78 is 1.16. The largest absolute Gasteiger partial charge is 0.0616 e. The first-order valence-electron chi connectivity index (χ1n) is 8.49. The second-order valence-corrected chi connectivity index (χ2v) is 7.56. The molecule has 25 heavy (non-hydrogen) atoms. The summed E-state index contributed by atoms with van der Waals surface area (Å²) in [6.45, 7) is 0. The second-order valence-electron chi connectivity index (χ2n) is 6.70. The van der Waals surface area contributed by atoms with Crippen molar-refractivity contribution in [1.29, 1.82) is 0 Å². The molecule has 0 amide bonds. The Hall–Kier alpha value is -2.64. The van der Waals surface area contributed by atoms with Crippen molar-refractivity contribution in [3.05, 3.63) is 83.3 Å². The fourth-order valence-corrected chi connectivity index (χ4v) is 4.99. The smallest absolute Gasteiger partial charge is 0.0260 e. The molecule has 0 saturated carbocycles. The summed E-state index contributed by atoms with van der Waals surface area (Å²) in [5, 5.41) is 13.3. The number of rotatable bonds is 0. The van der Waals surface area contributed by atoms with Crippen LogP contribution >= 0.6 is 15.9 Å². The molecule has 0 aliphatic carbocycles. The van der Waals surface area contributed by atoms with Crippen molar-refractivity contribution < 1.29 is 0 Å². The summed E-state index contributed by atoms with van der Waals surface area (Å²) in [5.74, 6) is 0. The summed E-state index contributed by atoms with van der Waals surface area (Å²) in [6.07, 6.45) is 0. The molecule has 6 rings (SSSR count). The van der Waals surface area contributed by atoms with E-state index in [9.17, 15) is 0 Å². The molecule has 6 aromatic carbocycles. The Labute approximate surface area is 153 Å². The van der Waals surface area contributed by atoms with Crippen molar-refractivity contribution in [2.24, 2.45) is 0 Å². The Morgan fingerprint density at radius 3 is 2.04 bits per heavy atom. The molecule has 1 heteroatoms. The van der Waals surface area contributed by atoms with E-state index >= 15 is 0 Å². The van der Waals surface area contributed by atoms with Crippen LogP contribution in [0.25, 0.3) is 53.9 Å². The van der Waals surface area contributed by atoms with Crippen LogP contribution in [-0.2, 0) is 0 Å². The molecule has 0 radical (unpaired) electrons. The minimum Gasteiger partial charge on any atom is -0.0616 e. The summed E-state index contributed by atoms with van der Waals surface area (Å²) >= 11 is 3.83. The lowest BCUT2D eigenvalue weighted by molar-refractivity contribution is 1.76. The van der Waals surface area contributed by atoms with E-state index in [1.165, 1.54) is 53.9 Å². The summed E-state index contributed by atoms with van der Waals surface area (Å²) in [5.41, 5.74) is 0. The number of hydrogen-bond donors (Lipinski definition) is 0. The molecule has 0 fully saturated rings. The highest BCUT2D eigenvalue weighted by molar-refractivity contribution is 9.10. The van der Waals surface area contributed by atoms with E-state index in [1.807, 2.05) is 0 Å². The Morgan fingerprint density at radius 1 is 0.440 bits per heavy atom. The van der Waals surface area contributed by atoms with E-state index in [2.05, 4.69) is 94.8 Å². The zero-order valence-electron chi connectivity index (χ0n) is 13.4. The highest BCUT2D eigenvalue weighted by atomic mass is 79.9. The third-order valence-electron chi connectivity index (χ3n) is 5.42. The van der Waals surface area contributed by atoms with Crippen molar-refractivity contribution in [3.63, 3.8) is 0 Å². The third kappa shape index (κ3) is 1.66. The first kappa shape index (κ1) is 13.6. The lowest BCUT2D eigenvalue weighted by Gasteiger charge is -2.17. The molecule has 0 unspecified atom stereocenters. The summed E-state index contributed by atoms with van der Waals surface area (Å²) in [4.78, 5) is 0. The van der Waals surface area contributed by atoms with Crippen LogP contribution in [0.2, 0.25) is 0 Å². The normalized spacial score (nSPS) is 12.2. The fourth-order valence-electron chi connectivity index (χ4n) is 4.42. The standard InChI is InChI=1S/C24H13Br/c25-20-10-4-9-19-18-8-3-6-14-11-12-16-13-15-5-1-2-7-17(15)24(23(19)20)22(16)21(14)18/h1-13H. The average Bonchev–Trinajstić information content (AvgIpc) is 2.66. The molecule has 0 nitrogen and oxygen atoms in total. The van der Waals surface area contributed by atoms with Gasteiger partial charge in [0, 0.05) is 9.86 Å². The zero-order valence-corrected chi connectivity index (χ0v) is 15.0. The lowest BCUT2D eigenvalue weighted by Crippen LogP contribution is -1.89. The maximum atomic E-state index is 3.83. The van der Waals surface area contributed by atoms with E-state index < -0.39 is 0 Å². The van der Waals surface area contributed by atoms with Crippen LogP contribution < -0.4 is 0 Å². The van der Waals surface area contributed by atoms with Gasteiger partial charge in [-0.15, -0.1) is 0 Å². The monoisotopic (exact) mass is 380 g/mol. The summed E-state index contributed by atoms with van der Waals surface area (Å²) in [7, 11) is 0. The van der Waals surface area contributed by atoms with Gasteiger partial charge in [-0.1, -0.05) is 82.7 Å². The van der Waals surface area contributed by atoms with Gasteiger partial charge in [-0.05, 0) is 60.6 Å². The second kappa shape index (κ2) is 4.71. The molecule has 0 N–H and O–H groups in total. The van der Waals surface area contributed by atoms with E-state index in [0.29, 0.717) is 0 Å². The first-order chi connectivity index (χ1) is 12.3. The van der Waals surface area contributed by atoms with Crippen LogP contribution in [0.1, 0.15) is 0 Å². The molecular weight excluding hydrogens is 368 g/mol. The molecule has 0 aliphatic heterocycles. The fraction of sp³-hybridized carbons (Fsp3) is 0. The molecule has 0 saturated heterocycles. The molecule has 0 bridgehead atoms. The van der Waals surface area contributed by atoms with Gasteiger partial charge in [0.1, 0.15) is 0 Å². The number of halogens is 1. The van der Waals surface area contributed by atoms with Gasteiger partial charge >= 0.3 is 0 Å². The Kier molecular flexibility index (Phi) is 2.57. The van der Waals surface area contributed by atoms with Gasteiger partial charge in [0.05, 0.1) is 0 Å². The Bertz CT molecular complexity index is 1440. The average molecular weight is 381 g/mol. The molecule has 6 aromatic rings. The number of hydrogen-bond acceptors (Lipinski definition) is 0. The number of fused-ring (bicyclic) bond motifs is 5. The van der Waals surface area contributed by atoms with Gasteiger partial charge in [0.2, 0.25) is 0 Å². The van der Waals surface area contributed by atoms with Gasteiger partial charge in [-0.25, -0.2) is 0 Å². The van der Waals surface area contributed by atoms with Crippen LogP contribution in [0.5, 0.6) is 0 Å². The van der Waals surface area contributed by atoms with Gasteiger partial charge < -0.3 is 0 Å². The van der Waals surface area contributed by atoms with Crippen molar-refractivity contribution in [1.82, 2.24) is 0 Å². The van der Waals surface area contributed by atoms with Gasteiger partial charge in [0.15, 0.2) is 0 Å². The highest BCUT2D eigenvalue weighted by Crippen LogP contribution is 2.45. The van der Waals surface area contributed by atoms with Gasteiger partial charge in [-0.3, -0.25) is 0 Å². The summed E-state index contributed by atoms with van der Waals surface area (Å²) in [6, 6.07) is 28.8. The lowest BCUT2D eigenvalue weighted by atomic mass is 9.87. The predicted molar refractivity (Wildman–Crippen MR) is 113 cm³/mol. The quantitative estimate of drug-likeness (QED) is 0.187. The SMILES string of the molecule is Brc1cccc2c3cccc4ccc5cc6ccccc6c(c12)c5c43. The van der Waals surface area contributed by atoms with E-state index in [1.54, 1.807) is 0 Å². The van der Waals surface area contributed by atoms with E-state index in [0.717, 1.165) is 4.47 Å². The first-order valence-corrected chi connectivity index (χ1v) is 9.29. The zero-order chi connectivity index (χ0) is 16.5. The minimum absolute atomic E-state index is 1.16. The molecule has 0 aromatic heterocycles. The van der Waals surface area contributed by atoms with Crippen molar-refractivity contribution in [3.8, 4) is 0 Å². The maximum absolute atomic E-state index is 3.83. The molecule has 0 spiro atoms. The maximum Gasteiger partial charge on any atom is 0.0260 e. The molecular formula is C24H13Br. The molecule has 0 heterocycles.